The third kappa shape index (κ3) is 5.22. The molecule has 0 radical (unpaired) electrons. The second-order valence-corrected chi connectivity index (χ2v) is 6.38. The zero-order valence-electron chi connectivity index (χ0n) is 16.5. The van der Waals surface area contributed by atoms with Crippen molar-refractivity contribution in [2.45, 2.75) is 26.8 Å². The van der Waals surface area contributed by atoms with Crippen molar-refractivity contribution in [2.75, 3.05) is 17.2 Å². The summed E-state index contributed by atoms with van der Waals surface area (Å²) >= 11 is 0. The Balaban J connectivity index is 1.68. The molecule has 0 spiro atoms. The summed E-state index contributed by atoms with van der Waals surface area (Å²) in [7, 11) is 0. The van der Waals surface area contributed by atoms with Crippen LogP contribution in [-0.4, -0.2) is 28.4 Å². The molecule has 0 bridgehead atoms. The minimum Gasteiger partial charge on any atom is -0.450 e. The molecule has 0 fully saturated rings. The number of aromatic nitrogens is 2. The van der Waals surface area contributed by atoms with Crippen molar-refractivity contribution >= 4 is 23.4 Å². The van der Waals surface area contributed by atoms with Gasteiger partial charge in [0.25, 0.3) is 5.91 Å². The first kappa shape index (κ1) is 20.1. The summed E-state index contributed by atoms with van der Waals surface area (Å²) < 4.78 is 6.70. The van der Waals surface area contributed by atoms with Gasteiger partial charge in [0.1, 0.15) is 0 Å². The minimum absolute atomic E-state index is 0.215. The molecule has 3 rings (SSSR count). The van der Waals surface area contributed by atoms with E-state index in [1.165, 1.54) is 0 Å². The van der Waals surface area contributed by atoms with E-state index in [9.17, 15) is 9.59 Å². The van der Waals surface area contributed by atoms with E-state index in [-0.39, 0.29) is 5.91 Å². The SMILES string of the molecule is CCOC(=O)Nc1ccc(NC(=O)c2cnn(Cc3ccccc3)c2CC)cc1. The predicted octanol–water partition coefficient (Wildman–Crippen LogP) is 4.31. The zero-order chi connectivity index (χ0) is 20.6. The number of anilines is 2. The lowest BCUT2D eigenvalue weighted by molar-refractivity contribution is 0.102. The van der Waals surface area contributed by atoms with Crippen LogP contribution in [0.4, 0.5) is 16.2 Å². The first-order valence-electron chi connectivity index (χ1n) is 9.54. The summed E-state index contributed by atoms with van der Waals surface area (Å²) in [6.07, 6.45) is 1.79. The summed E-state index contributed by atoms with van der Waals surface area (Å²) in [5.41, 5.74) is 3.78. The summed E-state index contributed by atoms with van der Waals surface area (Å²) in [4.78, 5) is 24.2. The van der Waals surface area contributed by atoms with Crippen molar-refractivity contribution in [3.05, 3.63) is 77.6 Å². The number of rotatable bonds is 7. The maximum Gasteiger partial charge on any atom is 0.411 e. The lowest BCUT2D eigenvalue weighted by Crippen LogP contribution is -2.15. The molecular weight excluding hydrogens is 368 g/mol. The maximum atomic E-state index is 12.8. The van der Waals surface area contributed by atoms with Crippen molar-refractivity contribution in [3.63, 3.8) is 0 Å². The Kier molecular flexibility index (Phi) is 6.63. The van der Waals surface area contributed by atoms with E-state index < -0.39 is 6.09 Å². The van der Waals surface area contributed by atoms with Crippen LogP contribution in [0.1, 0.15) is 35.5 Å². The quantitative estimate of drug-likeness (QED) is 0.627. The topological polar surface area (TPSA) is 85.2 Å². The van der Waals surface area contributed by atoms with Gasteiger partial charge in [-0.1, -0.05) is 37.3 Å². The fourth-order valence-electron chi connectivity index (χ4n) is 2.99. The second-order valence-electron chi connectivity index (χ2n) is 6.38. The Labute approximate surface area is 169 Å². The summed E-state index contributed by atoms with van der Waals surface area (Å²) in [6.45, 7) is 4.67. The largest absolute Gasteiger partial charge is 0.450 e. The normalized spacial score (nSPS) is 10.4. The monoisotopic (exact) mass is 392 g/mol. The number of ether oxygens (including phenoxy) is 1. The number of carbonyl (C=O) groups excluding carboxylic acids is 2. The molecule has 3 aromatic rings. The van der Waals surface area contributed by atoms with Crippen LogP contribution in [0.5, 0.6) is 0 Å². The van der Waals surface area contributed by atoms with Crippen molar-refractivity contribution in [1.82, 2.24) is 9.78 Å². The van der Waals surface area contributed by atoms with Crippen molar-refractivity contribution in [2.24, 2.45) is 0 Å². The number of hydrogen-bond acceptors (Lipinski definition) is 4. The maximum absolute atomic E-state index is 12.8. The molecule has 0 saturated carbocycles. The van der Waals surface area contributed by atoms with Crippen molar-refractivity contribution in [3.8, 4) is 0 Å². The Bertz CT molecular complexity index is 965. The molecule has 0 aliphatic carbocycles. The van der Waals surface area contributed by atoms with E-state index in [4.69, 9.17) is 4.74 Å². The molecule has 0 saturated heterocycles. The minimum atomic E-state index is -0.511. The molecule has 1 heterocycles. The first-order valence-corrected chi connectivity index (χ1v) is 9.54. The molecule has 1 aromatic heterocycles. The van der Waals surface area contributed by atoms with Gasteiger partial charge in [-0.25, -0.2) is 4.79 Å². The Morgan fingerprint density at radius 2 is 1.62 bits per heavy atom. The highest BCUT2D eigenvalue weighted by molar-refractivity contribution is 6.05. The van der Waals surface area contributed by atoms with Gasteiger partial charge in [-0.2, -0.15) is 5.10 Å². The molecule has 7 nitrogen and oxygen atoms in total. The van der Waals surface area contributed by atoms with E-state index in [1.54, 1.807) is 37.4 Å². The van der Waals surface area contributed by atoms with Gasteiger partial charge in [0.15, 0.2) is 0 Å². The number of carbonyl (C=O) groups is 2. The number of nitrogens with zero attached hydrogens (tertiary/aromatic N) is 2. The fraction of sp³-hybridized carbons (Fsp3) is 0.227. The zero-order valence-corrected chi connectivity index (χ0v) is 16.5. The number of hydrogen-bond donors (Lipinski definition) is 2. The average Bonchev–Trinajstić information content (AvgIpc) is 3.13. The highest BCUT2D eigenvalue weighted by Crippen LogP contribution is 2.17. The third-order valence-corrected chi connectivity index (χ3v) is 4.37. The van der Waals surface area contributed by atoms with E-state index >= 15 is 0 Å². The third-order valence-electron chi connectivity index (χ3n) is 4.37. The standard InChI is InChI=1S/C22H24N4O3/c1-3-20-19(14-23-26(20)15-16-8-6-5-7-9-16)21(27)24-17-10-12-18(13-11-17)25-22(28)29-4-2/h5-14H,3-4,15H2,1-2H3,(H,24,27)(H,25,28). The lowest BCUT2D eigenvalue weighted by Gasteiger charge is -2.10. The lowest BCUT2D eigenvalue weighted by atomic mass is 10.1. The van der Waals surface area contributed by atoms with Gasteiger partial charge >= 0.3 is 6.09 Å². The number of benzene rings is 2. The van der Waals surface area contributed by atoms with Gasteiger partial charge in [-0.05, 0) is 43.2 Å². The van der Waals surface area contributed by atoms with Gasteiger partial charge in [0, 0.05) is 11.4 Å². The molecule has 0 aliphatic heterocycles. The van der Waals surface area contributed by atoms with Crippen LogP contribution in [0, 0.1) is 0 Å². The van der Waals surface area contributed by atoms with Crippen LogP contribution in [0.3, 0.4) is 0 Å². The summed E-state index contributed by atoms with van der Waals surface area (Å²) in [5.74, 6) is -0.215. The summed E-state index contributed by atoms with van der Waals surface area (Å²) in [6, 6.07) is 16.9. The van der Waals surface area contributed by atoms with E-state index in [1.807, 2.05) is 41.9 Å². The Morgan fingerprint density at radius 1 is 0.966 bits per heavy atom. The molecule has 2 aromatic carbocycles. The molecule has 0 unspecified atom stereocenters. The Hall–Kier alpha value is -3.61. The van der Waals surface area contributed by atoms with Crippen LogP contribution in [0.15, 0.2) is 60.8 Å². The highest BCUT2D eigenvalue weighted by atomic mass is 16.5. The van der Waals surface area contributed by atoms with E-state index in [0.29, 0.717) is 36.5 Å². The molecule has 0 atom stereocenters. The first-order chi connectivity index (χ1) is 14.1. The molecular formula is C22H24N4O3. The Morgan fingerprint density at radius 3 is 2.24 bits per heavy atom. The van der Waals surface area contributed by atoms with Crippen molar-refractivity contribution < 1.29 is 14.3 Å². The van der Waals surface area contributed by atoms with Gasteiger partial charge in [0.2, 0.25) is 0 Å². The van der Waals surface area contributed by atoms with Crippen LogP contribution in [0.25, 0.3) is 0 Å². The number of amides is 2. The van der Waals surface area contributed by atoms with Crippen LogP contribution in [0.2, 0.25) is 0 Å². The number of nitrogens with one attached hydrogen (secondary N) is 2. The van der Waals surface area contributed by atoms with Gasteiger partial charge in [-0.15, -0.1) is 0 Å². The van der Waals surface area contributed by atoms with Crippen LogP contribution in [-0.2, 0) is 17.7 Å². The average molecular weight is 392 g/mol. The van der Waals surface area contributed by atoms with E-state index in [0.717, 1.165) is 11.3 Å². The predicted molar refractivity (Wildman–Crippen MR) is 112 cm³/mol. The second kappa shape index (κ2) is 9.54. The highest BCUT2D eigenvalue weighted by Gasteiger charge is 2.16. The van der Waals surface area contributed by atoms with Crippen LogP contribution < -0.4 is 10.6 Å². The van der Waals surface area contributed by atoms with Crippen LogP contribution >= 0.6 is 0 Å². The molecule has 0 aliphatic rings. The molecule has 2 amide bonds. The molecule has 7 heteroatoms. The molecule has 29 heavy (non-hydrogen) atoms. The smallest absolute Gasteiger partial charge is 0.411 e. The molecule has 150 valence electrons. The fourth-order valence-corrected chi connectivity index (χ4v) is 2.99. The molecule has 2 N–H and O–H groups in total. The van der Waals surface area contributed by atoms with E-state index in [2.05, 4.69) is 15.7 Å². The van der Waals surface area contributed by atoms with Gasteiger partial charge < -0.3 is 10.1 Å². The van der Waals surface area contributed by atoms with Gasteiger partial charge in [0.05, 0.1) is 30.6 Å². The summed E-state index contributed by atoms with van der Waals surface area (Å²) in [5, 5.41) is 9.90. The van der Waals surface area contributed by atoms with Gasteiger partial charge in [-0.3, -0.25) is 14.8 Å². The van der Waals surface area contributed by atoms with Crippen molar-refractivity contribution in [1.29, 1.82) is 0 Å².